The summed E-state index contributed by atoms with van der Waals surface area (Å²) in [5.74, 6) is 0.433. The van der Waals surface area contributed by atoms with Crippen LogP contribution in [0.25, 0.3) is 10.8 Å². The summed E-state index contributed by atoms with van der Waals surface area (Å²) >= 11 is 5.82. The van der Waals surface area contributed by atoms with Crippen LogP contribution in [0.1, 0.15) is 15.9 Å². The average Bonchev–Trinajstić information content (AvgIpc) is 2.27. The monoisotopic (exact) mass is 204 g/mol. The van der Waals surface area contributed by atoms with Gasteiger partial charge in [0.1, 0.15) is 0 Å². The molecule has 0 atom stereocenters. The topological polar surface area (TPSA) is 17.1 Å². The summed E-state index contributed by atoms with van der Waals surface area (Å²) in [7, 11) is 0. The predicted molar refractivity (Wildman–Crippen MR) is 58.9 cm³/mol. The number of fused-ring (bicyclic) bond motifs is 1. The molecule has 0 unspecified atom stereocenters. The van der Waals surface area contributed by atoms with Gasteiger partial charge in [-0.05, 0) is 16.3 Å². The van der Waals surface area contributed by atoms with E-state index in [1.54, 1.807) is 0 Å². The Hall–Kier alpha value is -1.34. The molecule has 0 fully saturated rings. The van der Waals surface area contributed by atoms with E-state index in [0.717, 1.165) is 22.6 Å². The molecule has 14 heavy (non-hydrogen) atoms. The quantitative estimate of drug-likeness (QED) is 0.541. The Morgan fingerprint density at radius 2 is 1.86 bits per heavy atom. The fourth-order valence-electron chi connectivity index (χ4n) is 1.66. The Balaban J connectivity index is 2.88. The van der Waals surface area contributed by atoms with Crippen molar-refractivity contribution in [3.63, 3.8) is 0 Å². The highest BCUT2D eigenvalue weighted by atomic mass is 35.5. The van der Waals surface area contributed by atoms with Gasteiger partial charge < -0.3 is 0 Å². The van der Waals surface area contributed by atoms with Crippen LogP contribution >= 0.6 is 11.6 Å². The van der Waals surface area contributed by atoms with Gasteiger partial charge in [0.2, 0.25) is 0 Å². The predicted octanol–water partition coefficient (Wildman–Crippen LogP) is 3.39. The molecule has 0 aliphatic carbocycles. The molecular formula is C12H9ClO. The second-order valence-corrected chi connectivity index (χ2v) is 3.38. The van der Waals surface area contributed by atoms with E-state index in [0.29, 0.717) is 11.4 Å². The molecule has 0 saturated heterocycles. The van der Waals surface area contributed by atoms with Gasteiger partial charge in [0.15, 0.2) is 6.29 Å². The van der Waals surface area contributed by atoms with E-state index in [-0.39, 0.29) is 0 Å². The van der Waals surface area contributed by atoms with E-state index >= 15 is 0 Å². The van der Waals surface area contributed by atoms with Gasteiger partial charge in [-0.1, -0.05) is 36.4 Å². The maximum Gasteiger partial charge on any atom is 0.150 e. The third kappa shape index (κ3) is 1.40. The SMILES string of the molecule is O=Cc1cccc2cccc(CCl)c12. The zero-order valence-electron chi connectivity index (χ0n) is 7.53. The van der Waals surface area contributed by atoms with Crippen LogP contribution in [-0.2, 0) is 5.88 Å². The first-order valence-corrected chi connectivity index (χ1v) is 4.92. The highest BCUT2D eigenvalue weighted by molar-refractivity contribution is 6.18. The lowest BCUT2D eigenvalue weighted by molar-refractivity contribution is 0.112. The van der Waals surface area contributed by atoms with Crippen molar-refractivity contribution in [3.8, 4) is 0 Å². The van der Waals surface area contributed by atoms with Crippen LogP contribution in [0.4, 0.5) is 0 Å². The summed E-state index contributed by atoms with van der Waals surface area (Å²) in [6, 6.07) is 11.6. The van der Waals surface area contributed by atoms with E-state index in [1.807, 2.05) is 36.4 Å². The Morgan fingerprint density at radius 3 is 2.50 bits per heavy atom. The van der Waals surface area contributed by atoms with Crippen molar-refractivity contribution >= 4 is 28.7 Å². The average molecular weight is 205 g/mol. The number of rotatable bonds is 2. The highest BCUT2D eigenvalue weighted by Crippen LogP contribution is 2.23. The summed E-state index contributed by atoms with van der Waals surface area (Å²) < 4.78 is 0. The van der Waals surface area contributed by atoms with Gasteiger partial charge in [-0.15, -0.1) is 11.6 Å². The number of hydrogen-bond donors (Lipinski definition) is 0. The summed E-state index contributed by atoms with van der Waals surface area (Å²) in [5, 5.41) is 2.03. The van der Waals surface area contributed by atoms with Crippen LogP contribution in [0.5, 0.6) is 0 Å². The number of aldehydes is 1. The summed E-state index contributed by atoms with van der Waals surface area (Å²) in [6.07, 6.45) is 0.873. The van der Waals surface area contributed by atoms with Crippen molar-refractivity contribution in [2.45, 2.75) is 5.88 Å². The van der Waals surface area contributed by atoms with Crippen molar-refractivity contribution in [2.24, 2.45) is 0 Å². The van der Waals surface area contributed by atoms with E-state index in [9.17, 15) is 4.79 Å². The number of benzene rings is 2. The minimum absolute atomic E-state index is 0.433. The maximum absolute atomic E-state index is 10.8. The first-order chi connectivity index (χ1) is 6.86. The lowest BCUT2D eigenvalue weighted by Crippen LogP contribution is -1.88. The highest BCUT2D eigenvalue weighted by Gasteiger charge is 2.03. The van der Waals surface area contributed by atoms with Gasteiger partial charge >= 0.3 is 0 Å². The van der Waals surface area contributed by atoms with Gasteiger partial charge in [0.25, 0.3) is 0 Å². The fourth-order valence-corrected chi connectivity index (χ4v) is 1.88. The Morgan fingerprint density at radius 1 is 1.14 bits per heavy atom. The first kappa shape index (κ1) is 9.22. The molecule has 2 heteroatoms. The molecule has 2 aromatic rings. The Labute approximate surface area is 87.3 Å². The van der Waals surface area contributed by atoms with Gasteiger partial charge in [0.05, 0.1) is 0 Å². The molecule has 0 saturated carbocycles. The molecule has 0 aromatic heterocycles. The minimum atomic E-state index is 0.433. The molecule has 0 radical (unpaired) electrons. The van der Waals surface area contributed by atoms with Gasteiger partial charge in [-0.2, -0.15) is 0 Å². The molecule has 2 aromatic carbocycles. The lowest BCUT2D eigenvalue weighted by atomic mass is 10.0. The number of hydrogen-bond acceptors (Lipinski definition) is 1. The molecule has 0 aliphatic rings. The Bertz CT molecular complexity index is 471. The van der Waals surface area contributed by atoms with E-state index in [1.165, 1.54) is 0 Å². The molecule has 0 spiro atoms. The number of halogens is 1. The van der Waals surface area contributed by atoms with Crippen molar-refractivity contribution in [2.75, 3.05) is 0 Å². The van der Waals surface area contributed by atoms with Crippen molar-refractivity contribution in [1.82, 2.24) is 0 Å². The van der Waals surface area contributed by atoms with Gasteiger partial charge in [0, 0.05) is 11.4 Å². The standard InChI is InChI=1S/C12H9ClO/c13-7-10-5-1-3-9-4-2-6-11(8-14)12(9)10/h1-6,8H,7H2. The van der Waals surface area contributed by atoms with Crippen LogP contribution < -0.4 is 0 Å². The lowest BCUT2D eigenvalue weighted by Gasteiger charge is -2.05. The molecule has 2 rings (SSSR count). The minimum Gasteiger partial charge on any atom is -0.298 e. The summed E-state index contributed by atoms with van der Waals surface area (Å²) in [5.41, 5.74) is 1.71. The maximum atomic E-state index is 10.8. The van der Waals surface area contributed by atoms with Crippen molar-refractivity contribution in [3.05, 3.63) is 47.5 Å². The van der Waals surface area contributed by atoms with Crippen LogP contribution in [0, 0.1) is 0 Å². The molecule has 0 bridgehead atoms. The zero-order chi connectivity index (χ0) is 9.97. The van der Waals surface area contributed by atoms with Crippen LogP contribution in [0.2, 0.25) is 0 Å². The summed E-state index contributed by atoms with van der Waals surface area (Å²) in [6.45, 7) is 0. The molecule has 70 valence electrons. The second kappa shape index (κ2) is 3.81. The van der Waals surface area contributed by atoms with Crippen LogP contribution in [0.3, 0.4) is 0 Å². The van der Waals surface area contributed by atoms with Gasteiger partial charge in [-0.25, -0.2) is 0 Å². The number of alkyl halides is 1. The van der Waals surface area contributed by atoms with Crippen LogP contribution in [0.15, 0.2) is 36.4 Å². The third-order valence-electron chi connectivity index (χ3n) is 2.29. The smallest absolute Gasteiger partial charge is 0.150 e. The first-order valence-electron chi connectivity index (χ1n) is 4.38. The Kier molecular flexibility index (Phi) is 2.51. The van der Waals surface area contributed by atoms with Crippen molar-refractivity contribution in [1.29, 1.82) is 0 Å². The molecule has 1 nitrogen and oxygen atoms in total. The number of carbonyl (C=O) groups is 1. The van der Waals surface area contributed by atoms with E-state index < -0.39 is 0 Å². The normalized spacial score (nSPS) is 10.4. The zero-order valence-corrected chi connectivity index (χ0v) is 8.29. The van der Waals surface area contributed by atoms with Gasteiger partial charge in [-0.3, -0.25) is 4.79 Å². The molecule has 0 amide bonds. The second-order valence-electron chi connectivity index (χ2n) is 3.11. The largest absolute Gasteiger partial charge is 0.298 e. The molecule has 0 heterocycles. The molecule has 0 N–H and O–H groups in total. The van der Waals surface area contributed by atoms with Crippen LogP contribution in [-0.4, -0.2) is 6.29 Å². The third-order valence-corrected chi connectivity index (χ3v) is 2.58. The number of carbonyl (C=O) groups excluding carboxylic acids is 1. The van der Waals surface area contributed by atoms with E-state index in [4.69, 9.17) is 11.6 Å². The van der Waals surface area contributed by atoms with E-state index in [2.05, 4.69) is 0 Å². The molecular weight excluding hydrogens is 196 g/mol. The fraction of sp³-hybridized carbons (Fsp3) is 0.0833. The molecule has 0 aliphatic heterocycles. The summed E-state index contributed by atoms with van der Waals surface area (Å²) in [4.78, 5) is 10.8. The van der Waals surface area contributed by atoms with Crippen molar-refractivity contribution < 1.29 is 4.79 Å².